The number of halogens is 2. The molecule has 0 unspecified atom stereocenters. The Bertz CT molecular complexity index is 1430. The van der Waals surface area contributed by atoms with Gasteiger partial charge < -0.3 is 21.1 Å². The molecule has 3 heterocycles. The lowest BCUT2D eigenvalue weighted by Crippen LogP contribution is -2.26. The highest BCUT2D eigenvalue weighted by Crippen LogP contribution is 2.35. The molecule has 1 saturated heterocycles. The van der Waals surface area contributed by atoms with Gasteiger partial charge in [-0.05, 0) is 61.2 Å². The fraction of sp³-hybridized carbons (Fsp3) is 0.280. The topological polar surface area (TPSA) is 119 Å². The fourth-order valence-electron chi connectivity index (χ4n) is 4.58. The van der Waals surface area contributed by atoms with E-state index in [1.807, 2.05) is 18.2 Å². The van der Waals surface area contributed by atoms with E-state index >= 15 is 0 Å². The van der Waals surface area contributed by atoms with Gasteiger partial charge in [-0.2, -0.15) is 0 Å². The van der Waals surface area contributed by atoms with Crippen LogP contribution in [0.1, 0.15) is 46.1 Å². The van der Waals surface area contributed by atoms with Crippen molar-refractivity contribution in [3.05, 3.63) is 76.9 Å². The number of nitrogens with zero attached hydrogens (tertiary/aromatic N) is 4. The van der Waals surface area contributed by atoms with Crippen LogP contribution in [0.5, 0.6) is 5.75 Å². The second-order valence-corrected chi connectivity index (χ2v) is 8.64. The summed E-state index contributed by atoms with van der Waals surface area (Å²) in [4.78, 5) is 17.0. The first-order chi connectivity index (χ1) is 17.5. The number of methoxy groups -OCH3 is 1. The number of benzene rings is 2. The van der Waals surface area contributed by atoms with Crippen molar-refractivity contribution in [3.63, 3.8) is 0 Å². The molecular formula is C25H25F2N7O2. The van der Waals surface area contributed by atoms with Crippen LogP contribution >= 0.6 is 0 Å². The van der Waals surface area contributed by atoms with Crippen LogP contribution in [-0.2, 0) is 6.42 Å². The number of fused-ring (bicyclic) bond motifs is 1. The van der Waals surface area contributed by atoms with Crippen LogP contribution in [0.4, 0.5) is 20.3 Å². The van der Waals surface area contributed by atoms with Crippen molar-refractivity contribution >= 4 is 23.1 Å². The second-order valence-electron chi connectivity index (χ2n) is 8.64. The molecule has 0 aliphatic carbocycles. The first-order valence-electron chi connectivity index (χ1n) is 11.6. The molecule has 2 aromatic heterocycles. The van der Waals surface area contributed by atoms with E-state index in [9.17, 15) is 13.6 Å². The molecule has 5 rings (SSSR count). The first kappa shape index (κ1) is 23.6. The van der Waals surface area contributed by atoms with E-state index in [2.05, 4.69) is 25.8 Å². The summed E-state index contributed by atoms with van der Waals surface area (Å²) < 4.78 is 35.3. The van der Waals surface area contributed by atoms with E-state index in [1.54, 1.807) is 7.11 Å². The summed E-state index contributed by atoms with van der Waals surface area (Å²) in [7, 11) is 1.56. The molecule has 2 aromatic carbocycles. The summed E-state index contributed by atoms with van der Waals surface area (Å²) in [5, 5.41) is 14.4. The number of carbonyl (C=O) groups is 1. The van der Waals surface area contributed by atoms with Crippen LogP contribution in [0.2, 0.25) is 0 Å². The van der Waals surface area contributed by atoms with Crippen LogP contribution in [0.3, 0.4) is 0 Å². The summed E-state index contributed by atoms with van der Waals surface area (Å²) in [5.41, 5.74) is 7.68. The third-order valence-corrected chi connectivity index (χ3v) is 6.44. The van der Waals surface area contributed by atoms with Gasteiger partial charge in [-0.1, -0.05) is 18.2 Å². The largest absolute Gasteiger partial charge is 0.495 e. The number of piperidine rings is 1. The summed E-state index contributed by atoms with van der Waals surface area (Å²) in [5.74, 6) is -1.30. The van der Waals surface area contributed by atoms with Crippen LogP contribution < -0.4 is 21.1 Å². The van der Waals surface area contributed by atoms with Gasteiger partial charge in [0, 0.05) is 6.42 Å². The molecule has 0 spiro atoms. The number of nitrogens with one attached hydrogen (secondary N) is 2. The van der Waals surface area contributed by atoms with Gasteiger partial charge in [0.2, 0.25) is 0 Å². The number of carbonyl (C=O) groups excluding carboxylic acids is 1. The molecule has 1 aliphatic rings. The van der Waals surface area contributed by atoms with E-state index in [-0.39, 0.29) is 34.8 Å². The number of aromatic nitrogens is 4. The summed E-state index contributed by atoms with van der Waals surface area (Å²) in [6.45, 7) is 1.93. The van der Waals surface area contributed by atoms with Crippen molar-refractivity contribution in [2.75, 3.05) is 25.5 Å². The molecule has 9 nitrogen and oxygen atoms in total. The molecule has 1 aliphatic heterocycles. The van der Waals surface area contributed by atoms with E-state index < -0.39 is 17.5 Å². The van der Waals surface area contributed by atoms with Crippen molar-refractivity contribution in [2.24, 2.45) is 5.73 Å². The minimum absolute atomic E-state index is 0.0143. The molecule has 186 valence electrons. The van der Waals surface area contributed by atoms with Crippen LogP contribution in [-0.4, -0.2) is 45.7 Å². The predicted molar refractivity (Wildman–Crippen MR) is 130 cm³/mol. The Labute approximate surface area is 205 Å². The highest BCUT2D eigenvalue weighted by Gasteiger charge is 2.23. The van der Waals surface area contributed by atoms with E-state index in [1.165, 1.54) is 22.9 Å². The maximum absolute atomic E-state index is 14.4. The van der Waals surface area contributed by atoms with E-state index in [0.29, 0.717) is 17.4 Å². The maximum atomic E-state index is 14.4. The van der Waals surface area contributed by atoms with Gasteiger partial charge in [0.15, 0.2) is 17.3 Å². The van der Waals surface area contributed by atoms with Gasteiger partial charge >= 0.3 is 0 Å². The Morgan fingerprint density at radius 1 is 1.25 bits per heavy atom. The quantitative estimate of drug-likeness (QED) is 0.361. The number of amides is 1. The predicted octanol–water partition coefficient (Wildman–Crippen LogP) is 3.31. The number of rotatable bonds is 7. The molecule has 4 aromatic rings. The second kappa shape index (κ2) is 9.86. The number of primary amides is 1. The normalized spacial score (nSPS) is 14.2. The Morgan fingerprint density at radius 3 is 2.81 bits per heavy atom. The molecule has 0 saturated carbocycles. The van der Waals surface area contributed by atoms with Crippen molar-refractivity contribution in [2.45, 2.75) is 25.2 Å². The van der Waals surface area contributed by atoms with Gasteiger partial charge in [0.05, 0.1) is 12.8 Å². The van der Waals surface area contributed by atoms with Crippen molar-refractivity contribution in [1.29, 1.82) is 0 Å². The van der Waals surface area contributed by atoms with Crippen molar-refractivity contribution in [3.8, 4) is 5.75 Å². The third-order valence-electron chi connectivity index (χ3n) is 6.44. The number of nitrogens with two attached hydrogens (primary N) is 1. The van der Waals surface area contributed by atoms with E-state index in [0.717, 1.165) is 37.6 Å². The van der Waals surface area contributed by atoms with Crippen LogP contribution in [0.25, 0.3) is 5.65 Å². The number of hydrogen-bond donors (Lipinski definition) is 3. The molecule has 0 bridgehead atoms. The lowest BCUT2D eigenvalue weighted by atomic mass is 9.90. The average molecular weight is 494 g/mol. The Morgan fingerprint density at radius 2 is 2.06 bits per heavy atom. The number of anilines is 2. The van der Waals surface area contributed by atoms with Crippen molar-refractivity contribution < 1.29 is 18.3 Å². The van der Waals surface area contributed by atoms with Crippen molar-refractivity contribution in [1.82, 2.24) is 24.9 Å². The monoisotopic (exact) mass is 493 g/mol. The standard InChI is InChI=1S/C25H25F2N7O2/c1-36-19-11-15(14-7-9-29-10-8-14)5-6-18(19)31-24-21(23(28)35)25-33-30-13-34(25)20(32-24)12-16-3-2-4-17(26)22(16)27/h2-6,11,13-14,29,31H,7-10,12H2,1H3,(H2,28,35). The highest BCUT2D eigenvalue weighted by molar-refractivity contribution is 6.04. The van der Waals surface area contributed by atoms with Gasteiger partial charge in [0.25, 0.3) is 5.91 Å². The zero-order chi connectivity index (χ0) is 25.2. The zero-order valence-electron chi connectivity index (χ0n) is 19.6. The lowest BCUT2D eigenvalue weighted by molar-refractivity contribution is 0.100. The molecular weight excluding hydrogens is 468 g/mol. The summed E-state index contributed by atoms with van der Waals surface area (Å²) >= 11 is 0. The molecule has 0 atom stereocenters. The fourth-order valence-corrected chi connectivity index (χ4v) is 4.58. The molecule has 1 fully saturated rings. The first-order valence-corrected chi connectivity index (χ1v) is 11.6. The molecule has 11 heteroatoms. The molecule has 4 N–H and O–H groups in total. The maximum Gasteiger partial charge on any atom is 0.256 e. The Kier molecular flexibility index (Phi) is 6.47. The van der Waals surface area contributed by atoms with Gasteiger partial charge in [0.1, 0.15) is 29.3 Å². The smallest absolute Gasteiger partial charge is 0.256 e. The Hall–Kier alpha value is -4.12. The van der Waals surface area contributed by atoms with Gasteiger partial charge in [-0.25, -0.2) is 13.8 Å². The van der Waals surface area contributed by atoms with Gasteiger partial charge in [-0.15, -0.1) is 10.2 Å². The average Bonchev–Trinajstić information content (AvgIpc) is 3.37. The Balaban J connectivity index is 1.56. The summed E-state index contributed by atoms with van der Waals surface area (Å²) in [6, 6.07) is 9.78. The van der Waals surface area contributed by atoms with E-state index in [4.69, 9.17) is 10.5 Å². The van der Waals surface area contributed by atoms with Gasteiger partial charge in [-0.3, -0.25) is 9.20 Å². The third kappa shape index (κ3) is 4.44. The van der Waals surface area contributed by atoms with Crippen LogP contribution in [0, 0.1) is 11.6 Å². The number of hydrogen-bond acceptors (Lipinski definition) is 7. The zero-order valence-corrected chi connectivity index (χ0v) is 19.6. The summed E-state index contributed by atoms with van der Waals surface area (Å²) in [6.07, 6.45) is 3.34. The minimum atomic E-state index is -0.968. The molecule has 36 heavy (non-hydrogen) atoms. The van der Waals surface area contributed by atoms with Crippen LogP contribution in [0.15, 0.2) is 42.7 Å². The number of ether oxygens (including phenoxy) is 1. The molecule has 1 amide bonds. The molecule has 0 radical (unpaired) electrons. The lowest BCUT2D eigenvalue weighted by Gasteiger charge is -2.24. The SMILES string of the molecule is COc1cc(C2CCNCC2)ccc1Nc1nc(Cc2cccc(F)c2F)n2cnnc2c1C(N)=O. The highest BCUT2D eigenvalue weighted by atomic mass is 19.2. The minimum Gasteiger partial charge on any atom is -0.495 e.